The van der Waals surface area contributed by atoms with Crippen molar-refractivity contribution in [1.29, 1.82) is 0 Å². The molecule has 0 saturated carbocycles. The fraction of sp³-hybridized carbons (Fsp3) is 0.353. The number of carbonyl (C=O) groups is 1. The standard InChI is InChI=1S/C17H20N2O4S/c1-10-8-14(12(3)23-10)11(2)18-17(20)19-15-9-24(21,22)16-7-5-4-6-13(15)16/h4-8,11,15H,9H2,1-3H3,(H2,18,19,20)/t11-,15+/m1/s1. The summed E-state index contributed by atoms with van der Waals surface area (Å²) < 4.78 is 29.8. The van der Waals surface area contributed by atoms with E-state index in [9.17, 15) is 13.2 Å². The van der Waals surface area contributed by atoms with Crippen molar-refractivity contribution in [3.05, 3.63) is 53.0 Å². The predicted octanol–water partition coefficient (Wildman–Crippen LogP) is 2.79. The van der Waals surface area contributed by atoms with Crippen LogP contribution in [0.1, 0.15) is 41.7 Å². The molecule has 2 aromatic rings. The molecule has 0 spiro atoms. The van der Waals surface area contributed by atoms with E-state index in [0.717, 1.165) is 17.1 Å². The molecule has 0 fully saturated rings. The number of sulfone groups is 1. The molecule has 3 rings (SSSR count). The Kier molecular flexibility index (Phi) is 4.13. The number of carbonyl (C=O) groups excluding carboxylic acids is 1. The van der Waals surface area contributed by atoms with E-state index >= 15 is 0 Å². The first-order valence-electron chi connectivity index (χ1n) is 7.73. The van der Waals surface area contributed by atoms with Gasteiger partial charge in [-0.25, -0.2) is 13.2 Å². The summed E-state index contributed by atoms with van der Waals surface area (Å²) in [5.41, 5.74) is 1.54. The SMILES string of the molecule is Cc1cc([C@@H](C)NC(=O)N[C@H]2CS(=O)(=O)c3ccccc32)c(C)o1. The maximum Gasteiger partial charge on any atom is 0.315 e. The van der Waals surface area contributed by atoms with Crippen LogP contribution in [-0.4, -0.2) is 20.2 Å². The van der Waals surface area contributed by atoms with E-state index in [4.69, 9.17) is 4.42 Å². The molecule has 2 atom stereocenters. The van der Waals surface area contributed by atoms with Crippen LogP contribution in [0.15, 0.2) is 39.6 Å². The van der Waals surface area contributed by atoms with Gasteiger partial charge in [0.1, 0.15) is 11.5 Å². The zero-order valence-electron chi connectivity index (χ0n) is 13.8. The lowest BCUT2D eigenvalue weighted by Crippen LogP contribution is -2.39. The first kappa shape index (κ1) is 16.6. The summed E-state index contributed by atoms with van der Waals surface area (Å²) >= 11 is 0. The maximum atomic E-state index is 12.3. The summed E-state index contributed by atoms with van der Waals surface area (Å²) in [6, 6.07) is 7.47. The minimum atomic E-state index is -3.34. The van der Waals surface area contributed by atoms with Crippen molar-refractivity contribution in [3.63, 3.8) is 0 Å². The Morgan fingerprint density at radius 2 is 2.00 bits per heavy atom. The van der Waals surface area contributed by atoms with Crippen LogP contribution in [0.25, 0.3) is 0 Å². The largest absolute Gasteiger partial charge is 0.466 e. The van der Waals surface area contributed by atoms with Crippen LogP contribution >= 0.6 is 0 Å². The minimum absolute atomic E-state index is 0.113. The van der Waals surface area contributed by atoms with Crippen LogP contribution in [0, 0.1) is 13.8 Å². The number of urea groups is 1. The highest BCUT2D eigenvalue weighted by atomic mass is 32.2. The molecule has 0 saturated heterocycles. The molecule has 0 bridgehead atoms. The summed E-state index contributed by atoms with van der Waals surface area (Å²) in [5, 5.41) is 5.59. The van der Waals surface area contributed by atoms with Crippen molar-refractivity contribution < 1.29 is 17.6 Å². The van der Waals surface area contributed by atoms with Gasteiger partial charge in [-0.1, -0.05) is 18.2 Å². The molecule has 0 radical (unpaired) electrons. The molecule has 2 heterocycles. The van der Waals surface area contributed by atoms with E-state index < -0.39 is 21.9 Å². The topological polar surface area (TPSA) is 88.4 Å². The van der Waals surface area contributed by atoms with Gasteiger partial charge in [0.15, 0.2) is 9.84 Å². The zero-order valence-corrected chi connectivity index (χ0v) is 14.6. The average molecular weight is 348 g/mol. The van der Waals surface area contributed by atoms with Crippen LogP contribution in [0.2, 0.25) is 0 Å². The number of hydrogen-bond donors (Lipinski definition) is 2. The molecule has 1 aromatic heterocycles. The van der Waals surface area contributed by atoms with E-state index in [1.54, 1.807) is 24.3 Å². The average Bonchev–Trinajstić information content (AvgIpc) is 2.96. The maximum absolute atomic E-state index is 12.3. The number of amides is 2. The van der Waals surface area contributed by atoms with Crippen molar-refractivity contribution in [2.45, 2.75) is 37.8 Å². The van der Waals surface area contributed by atoms with Crippen molar-refractivity contribution in [2.24, 2.45) is 0 Å². The molecule has 0 unspecified atom stereocenters. The Morgan fingerprint density at radius 3 is 2.67 bits per heavy atom. The summed E-state index contributed by atoms with van der Waals surface area (Å²) in [4.78, 5) is 12.6. The van der Waals surface area contributed by atoms with Gasteiger partial charge in [0.2, 0.25) is 0 Å². The Labute approximate surface area is 141 Å². The number of hydrogen-bond acceptors (Lipinski definition) is 4. The van der Waals surface area contributed by atoms with Crippen LogP contribution in [0.4, 0.5) is 4.79 Å². The number of fused-ring (bicyclic) bond motifs is 1. The van der Waals surface area contributed by atoms with Gasteiger partial charge in [0.25, 0.3) is 0 Å². The van der Waals surface area contributed by atoms with Gasteiger partial charge in [-0.2, -0.15) is 0 Å². The molecule has 24 heavy (non-hydrogen) atoms. The molecular weight excluding hydrogens is 328 g/mol. The van der Waals surface area contributed by atoms with Gasteiger partial charge in [0.05, 0.1) is 22.7 Å². The fourth-order valence-corrected chi connectivity index (χ4v) is 4.86. The lowest BCUT2D eigenvalue weighted by molar-refractivity contribution is 0.235. The second-order valence-electron chi connectivity index (χ2n) is 6.08. The molecule has 6 nitrogen and oxygen atoms in total. The number of nitrogens with one attached hydrogen (secondary N) is 2. The van der Waals surface area contributed by atoms with E-state index in [1.807, 2.05) is 26.8 Å². The fourth-order valence-electron chi connectivity index (χ4n) is 3.12. The highest BCUT2D eigenvalue weighted by Crippen LogP contribution is 2.33. The smallest absolute Gasteiger partial charge is 0.315 e. The number of benzene rings is 1. The Hall–Kier alpha value is -2.28. The third kappa shape index (κ3) is 3.03. The second kappa shape index (κ2) is 5.98. The Bertz CT molecular complexity index is 886. The lowest BCUT2D eigenvalue weighted by atomic mass is 10.1. The summed E-state index contributed by atoms with van der Waals surface area (Å²) in [5.74, 6) is 1.43. The molecule has 7 heteroatoms. The first-order valence-corrected chi connectivity index (χ1v) is 9.39. The van der Waals surface area contributed by atoms with Gasteiger partial charge in [-0.3, -0.25) is 0 Å². The highest BCUT2D eigenvalue weighted by molar-refractivity contribution is 7.91. The van der Waals surface area contributed by atoms with Gasteiger partial charge in [0, 0.05) is 5.56 Å². The normalized spacial score (nSPS) is 19.5. The number of aryl methyl sites for hydroxylation is 2. The monoisotopic (exact) mass is 348 g/mol. The van der Waals surface area contributed by atoms with Crippen molar-refractivity contribution in [1.82, 2.24) is 10.6 Å². The van der Waals surface area contributed by atoms with E-state index in [0.29, 0.717) is 10.5 Å². The number of rotatable bonds is 3. The first-order chi connectivity index (χ1) is 11.3. The molecule has 1 aliphatic heterocycles. The predicted molar refractivity (Wildman–Crippen MR) is 89.5 cm³/mol. The third-order valence-corrected chi connectivity index (χ3v) is 6.03. The van der Waals surface area contributed by atoms with E-state index in [1.165, 1.54) is 0 Å². The second-order valence-corrected chi connectivity index (χ2v) is 8.08. The van der Waals surface area contributed by atoms with E-state index in [-0.39, 0.29) is 11.8 Å². The van der Waals surface area contributed by atoms with Crippen molar-refractivity contribution in [2.75, 3.05) is 5.75 Å². The highest BCUT2D eigenvalue weighted by Gasteiger charge is 2.35. The molecule has 0 aliphatic carbocycles. The Balaban J connectivity index is 1.71. The quantitative estimate of drug-likeness (QED) is 0.893. The minimum Gasteiger partial charge on any atom is -0.466 e. The Morgan fingerprint density at radius 1 is 1.29 bits per heavy atom. The van der Waals surface area contributed by atoms with Crippen LogP contribution < -0.4 is 10.6 Å². The molecule has 2 N–H and O–H groups in total. The van der Waals surface area contributed by atoms with Crippen LogP contribution in [0.5, 0.6) is 0 Å². The molecule has 128 valence electrons. The molecule has 2 amide bonds. The van der Waals surface area contributed by atoms with Gasteiger partial charge in [-0.15, -0.1) is 0 Å². The summed E-state index contributed by atoms with van der Waals surface area (Å²) in [6.07, 6.45) is 0. The number of furan rings is 1. The van der Waals surface area contributed by atoms with Crippen molar-refractivity contribution >= 4 is 15.9 Å². The van der Waals surface area contributed by atoms with E-state index in [2.05, 4.69) is 10.6 Å². The van der Waals surface area contributed by atoms with Crippen LogP contribution in [-0.2, 0) is 9.84 Å². The van der Waals surface area contributed by atoms with Gasteiger partial charge < -0.3 is 15.1 Å². The van der Waals surface area contributed by atoms with Crippen molar-refractivity contribution in [3.8, 4) is 0 Å². The zero-order chi connectivity index (χ0) is 17.5. The van der Waals surface area contributed by atoms with Gasteiger partial charge >= 0.3 is 6.03 Å². The summed E-state index contributed by atoms with van der Waals surface area (Å²) in [6.45, 7) is 5.55. The van der Waals surface area contributed by atoms with Gasteiger partial charge in [-0.05, 0) is 38.5 Å². The molecule has 1 aromatic carbocycles. The lowest BCUT2D eigenvalue weighted by Gasteiger charge is -2.17. The molecular formula is C17H20N2O4S. The molecule has 1 aliphatic rings. The van der Waals surface area contributed by atoms with Crippen LogP contribution in [0.3, 0.4) is 0 Å². The summed E-state index contributed by atoms with van der Waals surface area (Å²) in [7, 11) is -3.34. The third-order valence-electron chi connectivity index (χ3n) is 4.21.